The van der Waals surface area contributed by atoms with Crippen molar-refractivity contribution in [2.75, 3.05) is 44.8 Å². The molecule has 3 aromatic heterocycles. The number of hydrogen-bond donors (Lipinski definition) is 1. The van der Waals surface area contributed by atoms with Crippen LogP contribution < -0.4 is 10.2 Å². The summed E-state index contributed by atoms with van der Waals surface area (Å²) < 4.78 is 1.84. The summed E-state index contributed by atoms with van der Waals surface area (Å²) in [6.45, 7) is 6.10. The lowest BCUT2D eigenvalue weighted by atomic mass is 10.2. The second kappa shape index (κ2) is 10.1. The highest BCUT2D eigenvalue weighted by Crippen LogP contribution is 2.24. The normalized spacial score (nSPS) is 15.6. The molecule has 1 amide bonds. The number of anilines is 1. The smallest absolute Gasteiger partial charge is 0.241 e. The molecule has 1 fully saturated rings. The number of aliphatic imine (C=N–C) groups is 1. The molecule has 0 atom stereocenters. The average molecular weight is 434 g/mol. The highest BCUT2D eigenvalue weighted by molar-refractivity contribution is 6.08. The Morgan fingerprint density at radius 3 is 2.78 bits per heavy atom. The maximum Gasteiger partial charge on any atom is 0.241 e. The predicted molar refractivity (Wildman–Crippen MR) is 124 cm³/mol. The molecule has 10 heteroatoms. The van der Waals surface area contributed by atoms with Gasteiger partial charge in [0.05, 0.1) is 17.3 Å². The molecule has 0 aliphatic carbocycles. The topological polar surface area (TPSA) is 104 Å². The van der Waals surface area contributed by atoms with E-state index in [4.69, 9.17) is 0 Å². The third kappa shape index (κ3) is 4.97. The Labute approximate surface area is 186 Å². The van der Waals surface area contributed by atoms with Crippen LogP contribution in [-0.2, 0) is 11.3 Å². The zero-order chi connectivity index (χ0) is 22.3. The van der Waals surface area contributed by atoms with Crippen molar-refractivity contribution in [2.24, 2.45) is 4.99 Å². The van der Waals surface area contributed by atoms with E-state index in [1.165, 1.54) is 0 Å². The molecule has 0 saturated carbocycles. The fourth-order valence-corrected chi connectivity index (χ4v) is 3.61. The monoisotopic (exact) mass is 433 g/mol. The third-order valence-corrected chi connectivity index (χ3v) is 5.42. The summed E-state index contributed by atoms with van der Waals surface area (Å²) in [5, 5.41) is 3.78. The molecular formula is C22H27N9O. The minimum Gasteiger partial charge on any atom is -0.353 e. The molecule has 4 heterocycles. The summed E-state index contributed by atoms with van der Waals surface area (Å²) >= 11 is 0. The number of amides is 1. The maximum absolute atomic E-state index is 12.5. The van der Waals surface area contributed by atoms with Gasteiger partial charge in [-0.1, -0.05) is 6.08 Å². The van der Waals surface area contributed by atoms with Crippen LogP contribution in [0, 0.1) is 0 Å². The van der Waals surface area contributed by atoms with E-state index in [1.54, 1.807) is 31.1 Å². The summed E-state index contributed by atoms with van der Waals surface area (Å²) in [7, 11) is 2.13. The lowest BCUT2D eigenvalue weighted by molar-refractivity contribution is -0.121. The van der Waals surface area contributed by atoms with Gasteiger partial charge in [-0.25, -0.2) is 9.97 Å². The molecule has 10 nitrogen and oxygen atoms in total. The molecule has 1 aliphatic rings. The number of allylic oxidation sites excluding steroid dienone is 2. The first-order valence-corrected chi connectivity index (χ1v) is 10.6. The summed E-state index contributed by atoms with van der Waals surface area (Å²) in [6.07, 6.45) is 12.0. The molecule has 4 rings (SSSR count). The molecule has 32 heavy (non-hydrogen) atoms. The number of nitrogens with one attached hydrogen (secondary N) is 1. The first kappa shape index (κ1) is 21.6. The van der Waals surface area contributed by atoms with Gasteiger partial charge in [0, 0.05) is 56.6 Å². The SMILES string of the molecule is C/C=C(\C=NCNC(=O)Cn1ccc2c(N3CCN(C)CC3)ncnc21)c1cnccn1. The number of fused-ring (bicyclic) bond motifs is 1. The molecule has 1 aliphatic heterocycles. The van der Waals surface area contributed by atoms with Crippen LogP contribution in [0.15, 0.2) is 48.2 Å². The largest absolute Gasteiger partial charge is 0.353 e. The lowest BCUT2D eigenvalue weighted by Gasteiger charge is -2.33. The standard InChI is InChI=1S/C22H27N9O/c1-3-17(19-13-23-5-6-25-19)12-24-15-26-20(32)14-31-7-4-18-21(27-16-28-22(18)31)30-10-8-29(2)9-11-30/h3-7,12-13,16H,8-11,14-15H2,1-2H3,(H,26,32)/b17-3+,24-12?. The number of nitrogens with zero attached hydrogens (tertiary/aromatic N) is 8. The van der Waals surface area contributed by atoms with Gasteiger partial charge in [-0.3, -0.25) is 19.8 Å². The van der Waals surface area contributed by atoms with Crippen molar-refractivity contribution in [1.82, 2.24) is 34.7 Å². The molecule has 0 bridgehead atoms. The Bertz CT molecular complexity index is 1110. The van der Waals surface area contributed by atoms with Crippen LogP contribution in [0.1, 0.15) is 12.6 Å². The highest BCUT2D eigenvalue weighted by atomic mass is 16.2. The molecule has 0 radical (unpaired) electrons. The minimum atomic E-state index is -0.138. The van der Waals surface area contributed by atoms with E-state index in [0.717, 1.165) is 54.3 Å². The van der Waals surface area contributed by atoms with Crippen molar-refractivity contribution < 1.29 is 4.79 Å². The Kier molecular flexibility index (Phi) is 6.81. The second-order valence-electron chi connectivity index (χ2n) is 7.57. The maximum atomic E-state index is 12.5. The van der Waals surface area contributed by atoms with Crippen molar-refractivity contribution in [3.8, 4) is 0 Å². The molecule has 0 spiro atoms. The Morgan fingerprint density at radius 1 is 1.19 bits per heavy atom. The summed E-state index contributed by atoms with van der Waals surface area (Å²) in [5.41, 5.74) is 2.34. The highest BCUT2D eigenvalue weighted by Gasteiger charge is 2.19. The van der Waals surface area contributed by atoms with Crippen LogP contribution in [-0.4, -0.2) is 81.4 Å². The van der Waals surface area contributed by atoms with Gasteiger partial charge in [0.25, 0.3) is 0 Å². The van der Waals surface area contributed by atoms with E-state index in [-0.39, 0.29) is 19.1 Å². The zero-order valence-electron chi connectivity index (χ0n) is 18.3. The fraction of sp³-hybridized carbons (Fsp3) is 0.364. The molecular weight excluding hydrogens is 406 g/mol. The molecule has 3 aromatic rings. The van der Waals surface area contributed by atoms with Crippen molar-refractivity contribution in [3.63, 3.8) is 0 Å². The molecule has 1 N–H and O–H groups in total. The number of piperazine rings is 1. The molecule has 0 aromatic carbocycles. The molecule has 1 saturated heterocycles. The van der Waals surface area contributed by atoms with Gasteiger partial charge in [-0.05, 0) is 20.0 Å². The molecule has 0 unspecified atom stereocenters. The van der Waals surface area contributed by atoms with Crippen LogP contribution in [0.4, 0.5) is 5.82 Å². The van der Waals surface area contributed by atoms with Gasteiger partial charge in [-0.15, -0.1) is 0 Å². The summed E-state index contributed by atoms with van der Waals surface area (Å²) in [5.74, 6) is 0.788. The van der Waals surface area contributed by atoms with E-state index >= 15 is 0 Å². The number of carbonyl (C=O) groups is 1. The van der Waals surface area contributed by atoms with Crippen molar-refractivity contribution in [3.05, 3.63) is 49.0 Å². The molecule has 166 valence electrons. The van der Waals surface area contributed by atoms with E-state index in [1.807, 2.05) is 29.8 Å². The van der Waals surface area contributed by atoms with Crippen LogP contribution in [0.3, 0.4) is 0 Å². The van der Waals surface area contributed by atoms with Crippen LogP contribution >= 0.6 is 0 Å². The van der Waals surface area contributed by atoms with Gasteiger partial charge in [0.1, 0.15) is 31.0 Å². The van der Waals surface area contributed by atoms with Crippen LogP contribution in [0.25, 0.3) is 16.6 Å². The summed E-state index contributed by atoms with van der Waals surface area (Å²) in [4.78, 5) is 38.6. The van der Waals surface area contributed by atoms with Crippen molar-refractivity contribution >= 4 is 34.5 Å². The number of carbonyl (C=O) groups excluding carboxylic acids is 1. The van der Waals surface area contributed by atoms with Crippen molar-refractivity contribution in [2.45, 2.75) is 13.5 Å². The first-order chi connectivity index (χ1) is 15.7. The van der Waals surface area contributed by atoms with Gasteiger partial charge in [0.2, 0.25) is 5.91 Å². The first-order valence-electron chi connectivity index (χ1n) is 10.6. The van der Waals surface area contributed by atoms with Crippen LogP contribution in [0.5, 0.6) is 0 Å². The van der Waals surface area contributed by atoms with Gasteiger partial charge in [-0.2, -0.15) is 0 Å². The summed E-state index contributed by atoms with van der Waals surface area (Å²) in [6, 6.07) is 1.98. The van der Waals surface area contributed by atoms with Gasteiger partial charge in [0.15, 0.2) is 0 Å². The number of rotatable bonds is 7. The third-order valence-electron chi connectivity index (χ3n) is 5.42. The Hall–Kier alpha value is -3.66. The Balaban J connectivity index is 1.36. The fourth-order valence-electron chi connectivity index (χ4n) is 3.61. The van der Waals surface area contributed by atoms with E-state index < -0.39 is 0 Å². The van der Waals surface area contributed by atoms with E-state index in [0.29, 0.717) is 0 Å². The average Bonchev–Trinajstić information content (AvgIpc) is 3.23. The lowest BCUT2D eigenvalue weighted by Crippen LogP contribution is -2.44. The van der Waals surface area contributed by atoms with E-state index in [9.17, 15) is 4.79 Å². The van der Waals surface area contributed by atoms with E-state index in [2.05, 4.69) is 47.1 Å². The van der Waals surface area contributed by atoms with Gasteiger partial charge >= 0.3 is 0 Å². The quantitative estimate of drug-likeness (QED) is 0.559. The zero-order valence-corrected chi connectivity index (χ0v) is 18.3. The number of aromatic nitrogens is 5. The van der Waals surface area contributed by atoms with Crippen LogP contribution in [0.2, 0.25) is 0 Å². The van der Waals surface area contributed by atoms with Gasteiger partial charge < -0.3 is 19.7 Å². The minimum absolute atomic E-state index is 0.138. The number of hydrogen-bond acceptors (Lipinski definition) is 8. The Morgan fingerprint density at radius 2 is 2.03 bits per heavy atom. The van der Waals surface area contributed by atoms with Crippen molar-refractivity contribution in [1.29, 1.82) is 0 Å². The number of likely N-dealkylation sites (N-methyl/N-ethyl adjacent to an activating group) is 1. The second-order valence-corrected chi connectivity index (χ2v) is 7.57. The predicted octanol–water partition coefficient (Wildman–Crippen LogP) is 1.22.